The molecule has 0 aromatic heterocycles. The van der Waals surface area contributed by atoms with Crippen LogP contribution in [-0.4, -0.2) is 13.2 Å². The third-order valence-electron chi connectivity index (χ3n) is 3.05. The highest BCUT2D eigenvalue weighted by Crippen LogP contribution is 2.19. The van der Waals surface area contributed by atoms with Crippen LogP contribution in [0.1, 0.15) is 11.1 Å². The third kappa shape index (κ3) is 4.49. The van der Waals surface area contributed by atoms with Crippen molar-refractivity contribution < 1.29 is 9.53 Å². The van der Waals surface area contributed by atoms with Gasteiger partial charge in [0.2, 0.25) is 0 Å². The minimum absolute atomic E-state index is 0.472. The molecule has 0 bridgehead atoms. The number of carbonyl (C=O) groups excluding carboxylic acids is 1. The second kappa shape index (κ2) is 7.13. The molecule has 0 radical (unpaired) electrons. The Kier molecular flexibility index (Phi) is 5.22. The monoisotopic (exact) mass is 348 g/mol. The van der Waals surface area contributed by atoms with Gasteiger partial charge in [0.05, 0.1) is 7.11 Å². The van der Waals surface area contributed by atoms with Crippen LogP contribution in [-0.2, 0) is 11.3 Å². The summed E-state index contributed by atoms with van der Waals surface area (Å²) >= 11 is 3.53. The Bertz CT molecular complexity index is 627. The number of methoxy groups -OCH3 is 1. The highest BCUT2D eigenvalue weighted by Gasteiger charge is 2.01. The fraction of sp³-hybridized carbons (Fsp3) is 0.188. The van der Waals surface area contributed by atoms with Crippen molar-refractivity contribution in [2.45, 2.75) is 13.5 Å². The van der Waals surface area contributed by atoms with Crippen LogP contribution in [0.3, 0.4) is 0 Å². The van der Waals surface area contributed by atoms with Crippen LogP contribution >= 0.6 is 15.9 Å². The van der Waals surface area contributed by atoms with E-state index in [1.165, 1.54) is 18.2 Å². The van der Waals surface area contributed by atoms with Crippen molar-refractivity contribution in [2.24, 2.45) is 0 Å². The van der Waals surface area contributed by atoms with Gasteiger partial charge in [-0.2, -0.15) is 0 Å². The molecule has 4 nitrogen and oxygen atoms in total. The first-order valence-electron chi connectivity index (χ1n) is 6.52. The van der Waals surface area contributed by atoms with Gasteiger partial charge >= 0.3 is 6.09 Å². The standard InChI is InChI=1S/C16H17BrN2O2/c1-11-3-4-12(9-15(11)17)10-18-13-5-7-14(8-6-13)19-16(20)21-2/h3-9,18H,10H2,1-2H3,(H,19,20). The number of hydrogen-bond donors (Lipinski definition) is 2. The highest BCUT2D eigenvalue weighted by atomic mass is 79.9. The maximum Gasteiger partial charge on any atom is 0.411 e. The van der Waals surface area contributed by atoms with Gasteiger partial charge in [-0.1, -0.05) is 28.1 Å². The molecule has 2 N–H and O–H groups in total. The topological polar surface area (TPSA) is 50.4 Å². The molecule has 21 heavy (non-hydrogen) atoms. The maximum atomic E-state index is 11.1. The van der Waals surface area contributed by atoms with Gasteiger partial charge in [0.15, 0.2) is 0 Å². The first-order chi connectivity index (χ1) is 10.1. The molecule has 0 heterocycles. The molecule has 0 saturated carbocycles. The fourth-order valence-electron chi connectivity index (χ4n) is 1.79. The number of anilines is 2. The predicted molar refractivity (Wildman–Crippen MR) is 88.7 cm³/mol. The Hall–Kier alpha value is -2.01. The highest BCUT2D eigenvalue weighted by molar-refractivity contribution is 9.10. The number of halogens is 1. The first kappa shape index (κ1) is 15.4. The average Bonchev–Trinajstić information content (AvgIpc) is 2.50. The third-order valence-corrected chi connectivity index (χ3v) is 3.90. The molecule has 0 fully saturated rings. The lowest BCUT2D eigenvalue weighted by molar-refractivity contribution is 0.187. The van der Waals surface area contributed by atoms with E-state index in [1.54, 1.807) is 0 Å². The molecule has 110 valence electrons. The van der Waals surface area contributed by atoms with Crippen LogP contribution < -0.4 is 10.6 Å². The van der Waals surface area contributed by atoms with E-state index in [1.807, 2.05) is 24.3 Å². The van der Waals surface area contributed by atoms with Crippen LogP contribution in [0.4, 0.5) is 16.2 Å². The summed E-state index contributed by atoms with van der Waals surface area (Å²) in [5.74, 6) is 0. The van der Waals surface area contributed by atoms with Gasteiger partial charge < -0.3 is 10.1 Å². The number of carbonyl (C=O) groups is 1. The smallest absolute Gasteiger partial charge is 0.411 e. The van der Waals surface area contributed by atoms with E-state index in [-0.39, 0.29) is 0 Å². The molecular weight excluding hydrogens is 332 g/mol. The molecule has 1 amide bonds. The van der Waals surface area contributed by atoms with Gasteiger partial charge in [-0.05, 0) is 48.4 Å². The summed E-state index contributed by atoms with van der Waals surface area (Å²) < 4.78 is 5.65. The molecule has 0 saturated heterocycles. The molecule has 0 unspecified atom stereocenters. The van der Waals surface area contributed by atoms with E-state index < -0.39 is 6.09 Å². The zero-order valence-corrected chi connectivity index (χ0v) is 13.5. The summed E-state index contributed by atoms with van der Waals surface area (Å²) in [6.07, 6.45) is -0.472. The molecule has 0 aliphatic carbocycles. The van der Waals surface area contributed by atoms with Crippen LogP contribution in [0, 0.1) is 6.92 Å². The van der Waals surface area contributed by atoms with E-state index in [0.29, 0.717) is 5.69 Å². The molecule has 0 aliphatic rings. The molecular formula is C16H17BrN2O2. The van der Waals surface area contributed by atoms with Crippen LogP contribution in [0.5, 0.6) is 0 Å². The van der Waals surface area contributed by atoms with E-state index in [9.17, 15) is 4.79 Å². The van der Waals surface area contributed by atoms with Gasteiger partial charge in [-0.15, -0.1) is 0 Å². The predicted octanol–water partition coefficient (Wildman–Crippen LogP) is 4.55. The Morgan fingerprint density at radius 3 is 2.43 bits per heavy atom. The van der Waals surface area contributed by atoms with E-state index in [4.69, 9.17) is 0 Å². The average molecular weight is 349 g/mol. The summed E-state index contributed by atoms with van der Waals surface area (Å²) in [5, 5.41) is 5.95. The maximum absolute atomic E-state index is 11.1. The molecule has 0 atom stereocenters. The Morgan fingerprint density at radius 2 is 1.81 bits per heavy atom. The minimum Gasteiger partial charge on any atom is -0.453 e. The molecule has 0 aliphatic heterocycles. The summed E-state index contributed by atoms with van der Waals surface area (Å²) in [7, 11) is 1.34. The number of aryl methyl sites for hydroxylation is 1. The lowest BCUT2D eigenvalue weighted by atomic mass is 10.1. The van der Waals surface area contributed by atoms with Crippen LogP contribution in [0.25, 0.3) is 0 Å². The number of nitrogens with one attached hydrogen (secondary N) is 2. The largest absolute Gasteiger partial charge is 0.453 e. The van der Waals surface area contributed by atoms with Gasteiger partial charge in [-0.25, -0.2) is 4.79 Å². The molecule has 0 spiro atoms. The van der Waals surface area contributed by atoms with Crippen molar-refractivity contribution in [3.63, 3.8) is 0 Å². The van der Waals surface area contributed by atoms with Crippen molar-refractivity contribution in [2.75, 3.05) is 17.7 Å². The van der Waals surface area contributed by atoms with Crippen LogP contribution in [0.15, 0.2) is 46.9 Å². The summed E-state index contributed by atoms with van der Waals surface area (Å²) in [6, 6.07) is 13.8. The SMILES string of the molecule is COC(=O)Nc1ccc(NCc2ccc(C)c(Br)c2)cc1. The zero-order valence-electron chi connectivity index (χ0n) is 11.9. The van der Waals surface area contributed by atoms with E-state index in [2.05, 4.69) is 56.4 Å². The molecule has 5 heteroatoms. The lowest BCUT2D eigenvalue weighted by Gasteiger charge is -2.09. The normalized spacial score (nSPS) is 10.0. The molecule has 2 aromatic carbocycles. The number of rotatable bonds is 4. The number of hydrogen-bond acceptors (Lipinski definition) is 3. The minimum atomic E-state index is -0.472. The quantitative estimate of drug-likeness (QED) is 0.852. The van der Waals surface area contributed by atoms with E-state index in [0.717, 1.165) is 16.7 Å². The summed E-state index contributed by atoms with van der Waals surface area (Å²) in [6.45, 7) is 2.80. The Morgan fingerprint density at radius 1 is 1.14 bits per heavy atom. The van der Waals surface area contributed by atoms with Gasteiger partial charge in [0.1, 0.15) is 0 Å². The molecule has 2 rings (SSSR count). The van der Waals surface area contributed by atoms with Crippen LogP contribution in [0.2, 0.25) is 0 Å². The van der Waals surface area contributed by atoms with Crippen molar-refractivity contribution in [3.8, 4) is 0 Å². The van der Waals surface area contributed by atoms with Crippen molar-refractivity contribution >= 4 is 33.4 Å². The zero-order chi connectivity index (χ0) is 15.2. The second-order valence-corrected chi connectivity index (χ2v) is 5.49. The first-order valence-corrected chi connectivity index (χ1v) is 7.31. The second-order valence-electron chi connectivity index (χ2n) is 4.63. The summed E-state index contributed by atoms with van der Waals surface area (Å²) in [5.41, 5.74) is 4.11. The van der Waals surface area contributed by atoms with Gasteiger partial charge in [0.25, 0.3) is 0 Å². The van der Waals surface area contributed by atoms with Gasteiger partial charge in [0, 0.05) is 22.4 Å². The van der Waals surface area contributed by atoms with E-state index >= 15 is 0 Å². The van der Waals surface area contributed by atoms with Crippen molar-refractivity contribution in [1.82, 2.24) is 0 Å². The van der Waals surface area contributed by atoms with Crippen molar-refractivity contribution in [3.05, 3.63) is 58.1 Å². The number of benzene rings is 2. The Balaban J connectivity index is 1.94. The lowest BCUT2D eigenvalue weighted by Crippen LogP contribution is -2.10. The summed E-state index contributed by atoms with van der Waals surface area (Å²) in [4.78, 5) is 11.1. The van der Waals surface area contributed by atoms with Gasteiger partial charge in [-0.3, -0.25) is 5.32 Å². The fourth-order valence-corrected chi connectivity index (χ4v) is 2.22. The Labute approximate surface area is 132 Å². The van der Waals surface area contributed by atoms with Crippen molar-refractivity contribution in [1.29, 1.82) is 0 Å². The number of amides is 1. The number of ether oxygens (including phenoxy) is 1. The molecule has 2 aromatic rings.